The quantitative estimate of drug-likeness (QED) is 0.580. The Hall–Kier alpha value is -4.16. The van der Waals surface area contributed by atoms with E-state index in [0.717, 1.165) is 24.8 Å². The Morgan fingerprint density at radius 1 is 1.03 bits per heavy atom. The van der Waals surface area contributed by atoms with Crippen LogP contribution in [-0.4, -0.2) is 25.4 Å². The zero-order valence-electron chi connectivity index (χ0n) is 18.0. The second-order valence-electron chi connectivity index (χ2n) is 7.94. The molecule has 9 heteroatoms. The molecule has 0 fully saturated rings. The van der Waals surface area contributed by atoms with E-state index in [-0.39, 0.29) is 33.7 Å². The number of allylic oxidation sites excluding steroid dienone is 4. The maximum atomic E-state index is 12.9. The molecule has 0 bridgehead atoms. The summed E-state index contributed by atoms with van der Waals surface area (Å²) in [6.45, 7) is 0. The zero-order chi connectivity index (χ0) is 24.3. The van der Waals surface area contributed by atoms with Gasteiger partial charge in [0.2, 0.25) is 0 Å². The van der Waals surface area contributed by atoms with Gasteiger partial charge < -0.3 is 10.4 Å². The molecular weight excluding hydrogens is 454 g/mol. The van der Waals surface area contributed by atoms with E-state index in [1.54, 1.807) is 12.1 Å². The number of nitrogens with one attached hydrogen (secondary N) is 2. The molecule has 0 spiro atoms. The van der Waals surface area contributed by atoms with Crippen molar-refractivity contribution in [3.63, 3.8) is 0 Å². The van der Waals surface area contributed by atoms with Crippen LogP contribution in [-0.2, 0) is 27.7 Å². The van der Waals surface area contributed by atoms with Crippen molar-refractivity contribution in [1.29, 1.82) is 5.26 Å². The van der Waals surface area contributed by atoms with Crippen LogP contribution < -0.4 is 10.0 Å². The standard InChI is InChI=1S/C25H21N3O5S/c26-15-16-7-12-23(22(13-16)25(30)31)27-24(29)18-4-2-6-21(11-9-18)34(32,33)28-20-10-8-17-3-1-5-19(17)14-20/h2,4,7-14,28H,1,3,5-6H2,(H,27,29)(H,30,31). The van der Waals surface area contributed by atoms with E-state index in [0.29, 0.717) is 5.69 Å². The molecule has 0 heterocycles. The van der Waals surface area contributed by atoms with Crippen LogP contribution in [0.15, 0.2) is 71.2 Å². The minimum absolute atomic E-state index is 0.0325. The number of rotatable bonds is 6. The van der Waals surface area contributed by atoms with E-state index in [2.05, 4.69) is 10.0 Å². The lowest BCUT2D eigenvalue weighted by Crippen LogP contribution is -2.16. The molecule has 0 saturated heterocycles. The van der Waals surface area contributed by atoms with Crippen LogP contribution in [0.3, 0.4) is 0 Å². The summed E-state index contributed by atoms with van der Waals surface area (Å²) in [5.74, 6) is -1.89. The topological polar surface area (TPSA) is 136 Å². The lowest BCUT2D eigenvalue weighted by molar-refractivity contribution is -0.112. The maximum absolute atomic E-state index is 12.9. The number of nitriles is 1. The van der Waals surface area contributed by atoms with Crippen molar-refractivity contribution in [3.05, 3.63) is 93.4 Å². The molecule has 2 aliphatic rings. The third-order valence-electron chi connectivity index (χ3n) is 5.65. The van der Waals surface area contributed by atoms with Crippen LogP contribution in [0, 0.1) is 11.3 Å². The van der Waals surface area contributed by atoms with Crippen LogP contribution >= 0.6 is 0 Å². The van der Waals surface area contributed by atoms with Crippen molar-refractivity contribution in [2.75, 3.05) is 10.0 Å². The first-order chi connectivity index (χ1) is 16.3. The molecule has 34 heavy (non-hydrogen) atoms. The SMILES string of the molecule is N#Cc1ccc(NC(=O)C2=CC=C(S(=O)(=O)Nc3ccc4c(c3)CCC4)CC=C2)c(C(=O)O)c1. The van der Waals surface area contributed by atoms with Crippen LogP contribution in [0.5, 0.6) is 0 Å². The first kappa shape index (κ1) is 23.0. The summed E-state index contributed by atoms with van der Waals surface area (Å²) in [5, 5.41) is 20.9. The monoisotopic (exact) mass is 475 g/mol. The van der Waals surface area contributed by atoms with Crippen LogP contribution in [0.25, 0.3) is 0 Å². The molecule has 0 unspecified atom stereocenters. The van der Waals surface area contributed by atoms with E-state index in [1.165, 1.54) is 42.0 Å². The molecule has 0 atom stereocenters. The summed E-state index contributed by atoms with van der Waals surface area (Å²) in [7, 11) is -3.84. The summed E-state index contributed by atoms with van der Waals surface area (Å²) in [6.07, 6.45) is 8.86. The molecule has 2 aromatic carbocycles. The first-order valence-corrected chi connectivity index (χ1v) is 12.1. The number of aromatic carboxylic acids is 1. The molecular formula is C25H21N3O5S. The number of carbonyl (C=O) groups excluding carboxylic acids is 1. The summed E-state index contributed by atoms with van der Waals surface area (Å²) in [4.78, 5) is 24.3. The lowest BCUT2D eigenvalue weighted by Gasteiger charge is -2.11. The lowest BCUT2D eigenvalue weighted by atomic mass is 10.1. The second kappa shape index (κ2) is 9.37. The number of hydrogen-bond donors (Lipinski definition) is 3. The van der Waals surface area contributed by atoms with Gasteiger partial charge in [0.15, 0.2) is 0 Å². The average molecular weight is 476 g/mol. The van der Waals surface area contributed by atoms with Gasteiger partial charge in [-0.05, 0) is 72.9 Å². The highest BCUT2D eigenvalue weighted by molar-refractivity contribution is 7.96. The van der Waals surface area contributed by atoms with Gasteiger partial charge in [-0.25, -0.2) is 13.2 Å². The number of carbonyl (C=O) groups is 2. The second-order valence-corrected chi connectivity index (χ2v) is 9.67. The minimum Gasteiger partial charge on any atom is -0.478 e. The summed E-state index contributed by atoms with van der Waals surface area (Å²) in [5.41, 5.74) is 3.01. The normalized spacial score (nSPS) is 14.8. The first-order valence-electron chi connectivity index (χ1n) is 10.6. The van der Waals surface area contributed by atoms with Crippen LogP contribution in [0.4, 0.5) is 11.4 Å². The Labute approximate surface area is 197 Å². The zero-order valence-corrected chi connectivity index (χ0v) is 18.9. The molecule has 0 aromatic heterocycles. The fourth-order valence-electron chi connectivity index (χ4n) is 3.91. The fourth-order valence-corrected chi connectivity index (χ4v) is 5.04. The Kier molecular flexibility index (Phi) is 6.34. The number of fused-ring (bicyclic) bond motifs is 1. The Morgan fingerprint density at radius 3 is 2.59 bits per heavy atom. The summed E-state index contributed by atoms with van der Waals surface area (Å²) in [6, 6.07) is 11.3. The number of aryl methyl sites for hydroxylation is 2. The van der Waals surface area contributed by atoms with E-state index < -0.39 is 21.9 Å². The number of nitrogens with zero attached hydrogens (tertiary/aromatic N) is 1. The van der Waals surface area contributed by atoms with E-state index in [1.807, 2.05) is 18.2 Å². The molecule has 3 N–H and O–H groups in total. The number of carboxylic acid groups (broad SMARTS) is 1. The van der Waals surface area contributed by atoms with Crippen molar-refractivity contribution < 1.29 is 23.1 Å². The van der Waals surface area contributed by atoms with Gasteiger partial charge in [0.05, 0.1) is 27.8 Å². The van der Waals surface area contributed by atoms with Crippen molar-refractivity contribution >= 4 is 33.3 Å². The predicted octanol–water partition coefficient (Wildman–Crippen LogP) is 3.90. The Morgan fingerprint density at radius 2 is 1.82 bits per heavy atom. The number of amides is 1. The maximum Gasteiger partial charge on any atom is 0.337 e. The number of benzene rings is 2. The summed E-state index contributed by atoms with van der Waals surface area (Å²) >= 11 is 0. The van der Waals surface area contributed by atoms with E-state index in [9.17, 15) is 23.1 Å². The van der Waals surface area contributed by atoms with Gasteiger partial charge in [-0.1, -0.05) is 18.2 Å². The van der Waals surface area contributed by atoms with Crippen molar-refractivity contribution in [2.45, 2.75) is 25.7 Å². The van der Waals surface area contributed by atoms with Crippen molar-refractivity contribution in [2.24, 2.45) is 0 Å². The van der Waals surface area contributed by atoms with Crippen molar-refractivity contribution in [1.82, 2.24) is 0 Å². The number of hydrogen-bond acceptors (Lipinski definition) is 5. The van der Waals surface area contributed by atoms with Gasteiger partial charge in [0.1, 0.15) is 0 Å². The third kappa shape index (κ3) is 4.92. The van der Waals surface area contributed by atoms with Gasteiger partial charge in [0, 0.05) is 17.7 Å². The van der Waals surface area contributed by atoms with Gasteiger partial charge in [-0.2, -0.15) is 5.26 Å². The number of sulfonamides is 1. The highest BCUT2D eigenvalue weighted by Gasteiger charge is 2.20. The molecule has 2 aromatic rings. The van der Waals surface area contributed by atoms with Gasteiger partial charge in [-0.3, -0.25) is 9.52 Å². The third-order valence-corrected chi connectivity index (χ3v) is 7.15. The van der Waals surface area contributed by atoms with E-state index in [4.69, 9.17) is 5.26 Å². The molecule has 8 nitrogen and oxygen atoms in total. The molecule has 0 radical (unpaired) electrons. The molecule has 4 rings (SSSR count). The molecule has 0 aliphatic heterocycles. The van der Waals surface area contributed by atoms with E-state index >= 15 is 0 Å². The van der Waals surface area contributed by atoms with Gasteiger partial charge in [-0.15, -0.1) is 0 Å². The highest BCUT2D eigenvalue weighted by Crippen LogP contribution is 2.27. The number of carboxylic acids is 1. The van der Waals surface area contributed by atoms with Crippen LogP contribution in [0.2, 0.25) is 0 Å². The molecule has 2 aliphatic carbocycles. The molecule has 0 saturated carbocycles. The Balaban J connectivity index is 1.53. The van der Waals surface area contributed by atoms with Gasteiger partial charge >= 0.3 is 5.97 Å². The highest BCUT2D eigenvalue weighted by atomic mass is 32.2. The predicted molar refractivity (Wildman–Crippen MR) is 128 cm³/mol. The average Bonchev–Trinajstić information content (AvgIpc) is 3.11. The Bertz CT molecular complexity index is 1430. The number of anilines is 2. The fraction of sp³-hybridized carbons (Fsp3) is 0.160. The molecule has 1 amide bonds. The van der Waals surface area contributed by atoms with Crippen molar-refractivity contribution in [3.8, 4) is 6.07 Å². The van der Waals surface area contributed by atoms with Crippen LogP contribution in [0.1, 0.15) is 39.9 Å². The largest absolute Gasteiger partial charge is 0.478 e. The van der Waals surface area contributed by atoms with Gasteiger partial charge in [0.25, 0.3) is 15.9 Å². The smallest absolute Gasteiger partial charge is 0.337 e. The molecule has 172 valence electrons. The summed E-state index contributed by atoms with van der Waals surface area (Å²) < 4.78 is 28.5. The minimum atomic E-state index is -3.84.